The monoisotopic (exact) mass is 403 g/mol. The fraction of sp³-hybridized carbons (Fsp3) is 0.0909. The Morgan fingerprint density at radius 3 is 2.55 bits per heavy atom. The highest BCUT2D eigenvalue weighted by atomic mass is 32.2. The molecule has 3 aromatic carbocycles. The molecule has 0 saturated heterocycles. The van der Waals surface area contributed by atoms with Gasteiger partial charge < -0.3 is 5.11 Å². The van der Waals surface area contributed by atoms with Crippen LogP contribution in [0.5, 0.6) is 0 Å². The molecule has 0 spiro atoms. The topological polar surface area (TPSA) is 96.0 Å². The minimum atomic E-state index is -4.20. The summed E-state index contributed by atoms with van der Waals surface area (Å²) in [7, 11) is -2.49. The molecule has 144 valence electrons. The van der Waals surface area contributed by atoms with E-state index in [9.17, 15) is 18.8 Å². The fourth-order valence-corrected chi connectivity index (χ4v) is 4.78. The summed E-state index contributed by atoms with van der Waals surface area (Å²) in [6, 6.07) is 19.2. The molecule has 29 heavy (non-hydrogen) atoms. The van der Waals surface area contributed by atoms with E-state index >= 15 is 0 Å². The molecule has 0 atom stereocenters. The first kappa shape index (κ1) is 18.7. The third-order valence-corrected chi connectivity index (χ3v) is 6.54. The lowest BCUT2D eigenvalue weighted by Crippen LogP contribution is -2.07. The molecule has 0 bridgehead atoms. The number of aliphatic hydroxyl groups excluding tert-OH is 1. The van der Waals surface area contributed by atoms with E-state index in [1.807, 2.05) is 30.3 Å². The van der Waals surface area contributed by atoms with Crippen LogP contribution in [0, 0.1) is 18.3 Å². The van der Waals surface area contributed by atoms with Gasteiger partial charge in [-0.1, -0.05) is 42.5 Å². The number of rotatable bonds is 3. The Bertz CT molecular complexity index is 1460. The number of fused-ring (bicyclic) bond motifs is 3. The first-order valence-electron chi connectivity index (χ1n) is 8.84. The summed E-state index contributed by atoms with van der Waals surface area (Å²) in [6.07, 6.45) is 0. The summed E-state index contributed by atoms with van der Waals surface area (Å²) in [5, 5.41) is 27.2. The van der Waals surface area contributed by atoms with Gasteiger partial charge in [0, 0.05) is 17.8 Å². The van der Waals surface area contributed by atoms with E-state index in [1.165, 1.54) is 12.1 Å². The minimum Gasteiger partial charge on any atom is -0.504 e. The second-order valence-corrected chi connectivity index (χ2v) is 8.65. The lowest BCUT2D eigenvalue weighted by Gasteiger charge is -2.06. The van der Waals surface area contributed by atoms with Crippen LogP contribution in [0.15, 0.2) is 70.5 Å². The SMILES string of the molecule is Cc1cccc(S(=O)(=O)/C(C#N)=C(\O)c2nn(C)c3c2ccc2ccccc23)c1. The van der Waals surface area contributed by atoms with E-state index in [1.54, 1.807) is 42.9 Å². The van der Waals surface area contributed by atoms with E-state index in [2.05, 4.69) is 5.10 Å². The number of sulfone groups is 1. The van der Waals surface area contributed by atoms with Crippen molar-refractivity contribution in [2.75, 3.05) is 0 Å². The van der Waals surface area contributed by atoms with Gasteiger partial charge in [0.1, 0.15) is 11.8 Å². The van der Waals surface area contributed by atoms with Gasteiger partial charge in [0.15, 0.2) is 10.7 Å². The molecule has 1 N–H and O–H groups in total. The van der Waals surface area contributed by atoms with Gasteiger partial charge in [0.2, 0.25) is 9.84 Å². The molecule has 1 aromatic heterocycles. The van der Waals surface area contributed by atoms with Crippen LogP contribution in [0.3, 0.4) is 0 Å². The Hall–Kier alpha value is -3.63. The number of aromatic nitrogens is 2. The Morgan fingerprint density at radius 2 is 1.83 bits per heavy atom. The number of allylic oxidation sites excluding steroid dienone is 1. The predicted octanol–water partition coefficient (Wildman–Crippen LogP) is 4.26. The van der Waals surface area contributed by atoms with Crippen molar-refractivity contribution < 1.29 is 13.5 Å². The van der Waals surface area contributed by atoms with Crippen LogP contribution < -0.4 is 0 Å². The molecule has 0 aliphatic rings. The van der Waals surface area contributed by atoms with Gasteiger partial charge in [-0.2, -0.15) is 10.4 Å². The minimum absolute atomic E-state index is 0.0497. The van der Waals surface area contributed by atoms with Crippen LogP contribution in [0.2, 0.25) is 0 Å². The molecule has 0 radical (unpaired) electrons. The van der Waals surface area contributed by atoms with Crippen LogP contribution in [0.25, 0.3) is 27.4 Å². The summed E-state index contributed by atoms with van der Waals surface area (Å²) in [4.78, 5) is -0.775. The average molecular weight is 403 g/mol. The van der Waals surface area contributed by atoms with Crippen molar-refractivity contribution in [3.8, 4) is 6.07 Å². The third kappa shape index (κ3) is 2.94. The molecule has 0 saturated carbocycles. The Morgan fingerprint density at radius 1 is 1.07 bits per heavy atom. The van der Waals surface area contributed by atoms with Gasteiger partial charge in [0.25, 0.3) is 0 Å². The van der Waals surface area contributed by atoms with Crippen molar-refractivity contribution in [1.29, 1.82) is 5.26 Å². The lowest BCUT2D eigenvalue weighted by molar-refractivity contribution is 0.505. The van der Waals surface area contributed by atoms with Crippen molar-refractivity contribution in [2.24, 2.45) is 7.05 Å². The van der Waals surface area contributed by atoms with E-state index in [0.717, 1.165) is 21.9 Å². The first-order chi connectivity index (χ1) is 13.8. The van der Waals surface area contributed by atoms with Gasteiger partial charge in [-0.3, -0.25) is 4.68 Å². The zero-order chi connectivity index (χ0) is 20.8. The standard InChI is InChI=1S/C22H17N3O3S/c1-14-6-5-8-16(12-14)29(27,28)19(13-23)22(26)20-18-11-10-15-7-3-4-9-17(15)21(18)25(2)24-20/h3-12,26H,1-2H3/b22-19-. The number of aryl methyl sites for hydroxylation is 2. The predicted molar refractivity (Wildman–Crippen MR) is 112 cm³/mol. The molecule has 0 aliphatic carbocycles. The summed E-state index contributed by atoms with van der Waals surface area (Å²) in [5.74, 6) is -0.658. The second kappa shape index (κ2) is 6.76. The van der Waals surface area contributed by atoms with E-state index in [0.29, 0.717) is 5.39 Å². The number of benzene rings is 3. The van der Waals surface area contributed by atoms with Crippen LogP contribution in [-0.2, 0) is 16.9 Å². The molecule has 0 amide bonds. The summed E-state index contributed by atoms with van der Waals surface area (Å²) in [5.41, 5.74) is 1.54. The first-order valence-corrected chi connectivity index (χ1v) is 10.3. The third-order valence-electron chi connectivity index (χ3n) is 4.84. The quantitative estimate of drug-likeness (QED) is 0.407. The lowest BCUT2D eigenvalue weighted by atomic mass is 10.1. The molecule has 0 aliphatic heterocycles. The number of nitriles is 1. The van der Waals surface area contributed by atoms with E-state index < -0.39 is 20.5 Å². The zero-order valence-electron chi connectivity index (χ0n) is 15.8. The van der Waals surface area contributed by atoms with Gasteiger partial charge in [-0.25, -0.2) is 8.42 Å². The summed E-state index contributed by atoms with van der Waals surface area (Å²) in [6.45, 7) is 1.76. The van der Waals surface area contributed by atoms with Crippen LogP contribution in [0.4, 0.5) is 0 Å². The van der Waals surface area contributed by atoms with Crippen molar-refractivity contribution >= 4 is 37.3 Å². The van der Waals surface area contributed by atoms with E-state index in [4.69, 9.17) is 0 Å². The number of aliphatic hydroxyl groups is 1. The smallest absolute Gasteiger partial charge is 0.220 e. The molecule has 4 rings (SSSR count). The molecular formula is C22H17N3O3S. The molecule has 0 unspecified atom stereocenters. The Kier molecular flexibility index (Phi) is 4.36. The van der Waals surface area contributed by atoms with Crippen molar-refractivity contribution in [3.63, 3.8) is 0 Å². The van der Waals surface area contributed by atoms with Crippen LogP contribution in [-0.4, -0.2) is 23.3 Å². The molecule has 0 fully saturated rings. The summed E-state index contributed by atoms with van der Waals surface area (Å²) >= 11 is 0. The zero-order valence-corrected chi connectivity index (χ0v) is 16.6. The molecule has 4 aromatic rings. The van der Waals surface area contributed by atoms with Crippen LogP contribution in [0.1, 0.15) is 11.3 Å². The van der Waals surface area contributed by atoms with Gasteiger partial charge >= 0.3 is 0 Å². The molecule has 7 heteroatoms. The second-order valence-electron chi connectivity index (χ2n) is 6.76. The van der Waals surface area contributed by atoms with Gasteiger partial charge in [0.05, 0.1) is 10.4 Å². The molecule has 6 nitrogen and oxygen atoms in total. The van der Waals surface area contributed by atoms with Gasteiger partial charge in [-0.15, -0.1) is 0 Å². The summed E-state index contributed by atoms with van der Waals surface area (Å²) < 4.78 is 27.6. The largest absolute Gasteiger partial charge is 0.504 e. The Balaban J connectivity index is 2.00. The normalized spacial score (nSPS) is 12.7. The van der Waals surface area contributed by atoms with Crippen LogP contribution >= 0.6 is 0 Å². The maximum absolute atomic E-state index is 13.0. The maximum atomic E-state index is 13.0. The molecule has 1 heterocycles. The highest BCUT2D eigenvalue weighted by molar-refractivity contribution is 7.95. The highest BCUT2D eigenvalue weighted by Crippen LogP contribution is 2.32. The number of hydrogen-bond acceptors (Lipinski definition) is 5. The average Bonchev–Trinajstić information content (AvgIpc) is 3.05. The van der Waals surface area contributed by atoms with E-state index in [-0.39, 0.29) is 10.6 Å². The highest BCUT2D eigenvalue weighted by Gasteiger charge is 2.28. The fourth-order valence-electron chi connectivity index (χ4n) is 3.47. The van der Waals surface area contributed by atoms with Crippen molar-refractivity contribution in [1.82, 2.24) is 9.78 Å². The maximum Gasteiger partial charge on any atom is 0.220 e. The number of hydrogen-bond donors (Lipinski definition) is 1. The molecular weight excluding hydrogens is 386 g/mol. The Labute approximate surface area is 167 Å². The van der Waals surface area contributed by atoms with Crippen molar-refractivity contribution in [2.45, 2.75) is 11.8 Å². The van der Waals surface area contributed by atoms with Gasteiger partial charge in [-0.05, 0) is 36.1 Å². The van der Waals surface area contributed by atoms with Crippen molar-refractivity contribution in [3.05, 3.63) is 76.8 Å². The number of nitrogens with zero attached hydrogens (tertiary/aromatic N) is 3.